The van der Waals surface area contributed by atoms with Crippen molar-refractivity contribution in [1.82, 2.24) is 0 Å². The van der Waals surface area contributed by atoms with Crippen molar-refractivity contribution in [3.8, 4) is 11.8 Å². The van der Waals surface area contributed by atoms with Gasteiger partial charge in [-0.1, -0.05) is 18.1 Å². The number of rotatable bonds is 2. The fourth-order valence-corrected chi connectivity index (χ4v) is 1.55. The fourth-order valence-electron chi connectivity index (χ4n) is 1.55. The maximum Gasteiger partial charge on any atom is 0.139 e. The van der Waals surface area contributed by atoms with Crippen LogP contribution in [-0.4, -0.2) is 31.9 Å². The molecule has 0 aromatic rings. The lowest BCUT2D eigenvalue weighted by Crippen LogP contribution is -3.05. The van der Waals surface area contributed by atoms with Crippen molar-refractivity contribution in [1.29, 1.82) is 0 Å². The Bertz CT molecular complexity index is 247. The van der Waals surface area contributed by atoms with Gasteiger partial charge in [-0.15, -0.1) is 0 Å². The number of quaternary nitrogens is 1. The van der Waals surface area contributed by atoms with Gasteiger partial charge in [0.05, 0.1) is 14.1 Å². The number of nitrogens with one attached hydrogen (secondary N) is 1. The Morgan fingerprint density at radius 2 is 2.29 bits per heavy atom. The molecule has 0 heterocycles. The van der Waals surface area contributed by atoms with Crippen LogP contribution in [0.25, 0.3) is 0 Å². The molecule has 0 spiro atoms. The minimum Gasteiger partial charge on any atom is -0.380 e. The van der Waals surface area contributed by atoms with Crippen LogP contribution in [0.4, 0.5) is 0 Å². The molecule has 2 heteroatoms. The monoisotopic (exact) mass is 194 g/mol. The number of hydrogen-bond donors (Lipinski definition) is 2. The van der Waals surface area contributed by atoms with E-state index < -0.39 is 6.10 Å². The molecule has 1 aliphatic carbocycles. The molecule has 0 aromatic heterocycles. The van der Waals surface area contributed by atoms with Crippen LogP contribution in [0.3, 0.4) is 0 Å². The van der Waals surface area contributed by atoms with E-state index in [-0.39, 0.29) is 0 Å². The number of aliphatic hydroxyl groups excluding tert-OH is 1. The Balaban J connectivity index is 2.35. The molecule has 0 bridgehead atoms. The first-order valence-corrected chi connectivity index (χ1v) is 5.30. The van der Waals surface area contributed by atoms with Crippen LogP contribution in [-0.2, 0) is 0 Å². The smallest absolute Gasteiger partial charge is 0.139 e. The topological polar surface area (TPSA) is 24.7 Å². The van der Waals surface area contributed by atoms with Gasteiger partial charge in [-0.3, -0.25) is 0 Å². The van der Waals surface area contributed by atoms with Crippen molar-refractivity contribution >= 4 is 0 Å². The van der Waals surface area contributed by atoms with Crippen molar-refractivity contribution < 1.29 is 10.0 Å². The molecule has 78 valence electrons. The highest BCUT2D eigenvalue weighted by atomic mass is 16.3. The summed E-state index contributed by atoms with van der Waals surface area (Å²) in [5.74, 6) is 6.31. The van der Waals surface area contributed by atoms with E-state index in [0.717, 1.165) is 25.8 Å². The second-order valence-electron chi connectivity index (χ2n) is 4.19. The Labute approximate surface area is 86.6 Å². The van der Waals surface area contributed by atoms with Gasteiger partial charge in [0.1, 0.15) is 12.6 Å². The van der Waals surface area contributed by atoms with Crippen LogP contribution >= 0.6 is 0 Å². The first-order chi connectivity index (χ1) is 6.70. The maximum absolute atomic E-state index is 9.77. The molecule has 0 amide bonds. The predicted octanol–water partition coefficient (Wildman–Crippen LogP) is -0.148. The van der Waals surface area contributed by atoms with Crippen LogP contribution in [0.2, 0.25) is 0 Å². The molecule has 0 aromatic carbocycles. The van der Waals surface area contributed by atoms with E-state index in [1.165, 1.54) is 4.90 Å². The Kier molecular flexibility index (Phi) is 4.72. The summed E-state index contributed by atoms with van der Waals surface area (Å²) in [6.07, 6.45) is 7.03. The van der Waals surface area contributed by atoms with Gasteiger partial charge >= 0.3 is 0 Å². The summed E-state index contributed by atoms with van der Waals surface area (Å²) in [6.45, 7) is 0.805. The van der Waals surface area contributed by atoms with Crippen LogP contribution < -0.4 is 4.90 Å². The zero-order valence-corrected chi connectivity index (χ0v) is 9.09. The highest BCUT2D eigenvalue weighted by Gasteiger charge is 2.16. The lowest BCUT2D eigenvalue weighted by Gasteiger charge is -2.19. The molecule has 1 aliphatic rings. The van der Waals surface area contributed by atoms with E-state index in [1.54, 1.807) is 0 Å². The third kappa shape index (κ3) is 3.95. The van der Waals surface area contributed by atoms with E-state index in [2.05, 4.69) is 38.1 Å². The minimum atomic E-state index is -0.431. The van der Waals surface area contributed by atoms with E-state index in [4.69, 9.17) is 0 Å². The zero-order chi connectivity index (χ0) is 10.4. The van der Waals surface area contributed by atoms with Crippen molar-refractivity contribution in [2.24, 2.45) is 5.92 Å². The van der Waals surface area contributed by atoms with E-state index in [1.807, 2.05) is 0 Å². The summed E-state index contributed by atoms with van der Waals surface area (Å²) in [7, 11) is 4.12. The summed E-state index contributed by atoms with van der Waals surface area (Å²) < 4.78 is 0. The summed E-state index contributed by atoms with van der Waals surface area (Å²) in [6, 6.07) is 0. The number of allylic oxidation sites excluding steroid dienone is 2. The third-order valence-electron chi connectivity index (χ3n) is 2.45. The molecule has 2 N–H and O–H groups in total. The van der Waals surface area contributed by atoms with Gasteiger partial charge in [-0.2, -0.15) is 0 Å². The molecule has 1 rings (SSSR count). The Hall–Kier alpha value is -0.780. The van der Waals surface area contributed by atoms with E-state index >= 15 is 0 Å². The molecule has 0 radical (unpaired) electrons. The van der Waals surface area contributed by atoms with Gasteiger partial charge in [0.2, 0.25) is 0 Å². The third-order valence-corrected chi connectivity index (χ3v) is 2.45. The van der Waals surface area contributed by atoms with Crippen LogP contribution in [0, 0.1) is 17.8 Å². The Morgan fingerprint density at radius 1 is 1.50 bits per heavy atom. The molecule has 14 heavy (non-hydrogen) atoms. The van der Waals surface area contributed by atoms with Gasteiger partial charge in [0.25, 0.3) is 0 Å². The summed E-state index contributed by atoms with van der Waals surface area (Å²) >= 11 is 0. The highest BCUT2D eigenvalue weighted by Crippen LogP contribution is 2.21. The summed E-state index contributed by atoms with van der Waals surface area (Å²) in [4.78, 5) is 1.30. The lowest BCUT2D eigenvalue weighted by atomic mass is 9.90. The molecular weight excluding hydrogens is 174 g/mol. The Morgan fingerprint density at radius 3 is 2.86 bits per heavy atom. The first kappa shape index (κ1) is 11.3. The maximum atomic E-state index is 9.77. The molecule has 0 aliphatic heterocycles. The van der Waals surface area contributed by atoms with Gasteiger partial charge in [-0.05, 0) is 31.1 Å². The summed E-state index contributed by atoms with van der Waals surface area (Å²) in [5, 5.41) is 9.77. The van der Waals surface area contributed by atoms with Crippen molar-refractivity contribution in [2.75, 3.05) is 20.6 Å². The zero-order valence-electron chi connectivity index (χ0n) is 9.09. The molecule has 0 fully saturated rings. The van der Waals surface area contributed by atoms with Gasteiger partial charge < -0.3 is 10.0 Å². The predicted molar refractivity (Wildman–Crippen MR) is 57.9 cm³/mol. The minimum absolute atomic E-state index is 0.352. The lowest BCUT2D eigenvalue weighted by molar-refractivity contribution is -0.850. The van der Waals surface area contributed by atoms with Crippen LogP contribution in [0.15, 0.2) is 12.2 Å². The standard InChI is InChI=1S/C12H19NO/c1-13(2)10-6-9-12(14)11-7-4-3-5-8-11/h3-4,11-12,14H,5,7-8,10H2,1-2H3/p+1. The molecule has 2 atom stereocenters. The van der Waals surface area contributed by atoms with E-state index in [0.29, 0.717) is 5.92 Å². The van der Waals surface area contributed by atoms with Crippen molar-refractivity contribution in [3.05, 3.63) is 12.2 Å². The second kappa shape index (κ2) is 5.85. The number of hydrogen-bond acceptors (Lipinski definition) is 1. The molecule has 2 unspecified atom stereocenters. The number of aliphatic hydroxyl groups is 1. The van der Waals surface area contributed by atoms with Crippen LogP contribution in [0.5, 0.6) is 0 Å². The fraction of sp³-hybridized carbons (Fsp3) is 0.667. The molecule has 0 saturated carbocycles. The van der Waals surface area contributed by atoms with E-state index in [9.17, 15) is 5.11 Å². The summed E-state index contributed by atoms with van der Waals surface area (Å²) in [5.41, 5.74) is 0. The SMILES string of the molecule is C[NH+](C)CC#CC(O)C1CC=CCC1. The molecular formula is C12H20NO+. The average Bonchev–Trinajstić information content (AvgIpc) is 2.18. The normalized spacial score (nSPS) is 23.0. The van der Waals surface area contributed by atoms with Gasteiger partial charge in [0.15, 0.2) is 0 Å². The second-order valence-corrected chi connectivity index (χ2v) is 4.19. The highest BCUT2D eigenvalue weighted by molar-refractivity contribution is 5.08. The van der Waals surface area contributed by atoms with Crippen molar-refractivity contribution in [2.45, 2.75) is 25.4 Å². The van der Waals surface area contributed by atoms with Crippen molar-refractivity contribution in [3.63, 3.8) is 0 Å². The largest absolute Gasteiger partial charge is 0.380 e. The van der Waals surface area contributed by atoms with Gasteiger partial charge in [0, 0.05) is 0 Å². The molecule has 2 nitrogen and oxygen atoms in total. The molecule has 0 saturated heterocycles. The quantitative estimate of drug-likeness (QED) is 0.464. The average molecular weight is 194 g/mol. The van der Waals surface area contributed by atoms with Gasteiger partial charge in [-0.25, -0.2) is 0 Å². The van der Waals surface area contributed by atoms with Crippen LogP contribution in [0.1, 0.15) is 19.3 Å². The first-order valence-electron chi connectivity index (χ1n) is 5.30.